The van der Waals surface area contributed by atoms with E-state index in [1.807, 2.05) is 12.1 Å². The topological polar surface area (TPSA) is 54.9 Å². The van der Waals surface area contributed by atoms with Crippen molar-refractivity contribution >= 4 is 17.5 Å². The molecule has 1 aromatic carbocycles. The van der Waals surface area contributed by atoms with E-state index in [0.717, 1.165) is 18.4 Å². The summed E-state index contributed by atoms with van der Waals surface area (Å²) in [5.74, 6) is 0.438. The van der Waals surface area contributed by atoms with Crippen molar-refractivity contribution in [3.05, 3.63) is 47.2 Å². The number of halogens is 1. The molecule has 5 heteroatoms. The minimum absolute atomic E-state index is 0.138. The molecule has 1 amide bonds. The second-order valence-corrected chi connectivity index (χ2v) is 4.85. The zero-order valence-electron chi connectivity index (χ0n) is 11.3. The van der Waals surface area contributed by atoms with Gasteiger partial charge in [0.05, 0.1) is 5.56 Å². The number of amides is 1. The largest absolute Gasteiger partial charge is 0.352 e. The van der Waals surface area contributed by atoms with Crippen molar-refractivity contribution in [2.45, 2.75) is 19.8 Å². The summed E-state index contributed by atoms with van der Waals surface area (Å²) in [5, 5.41) is 3.50. The van der Waals surface area contributed by atoms with E-state index in [0.29, 0.717) is 23.0 Å². The van der Waals surface area contributed by atoms with Gasteiger partial charge < -0.3 is 5.32 Å². The van der Waals surface area contributed by atoms with Crippen molar-refractivity contribution in [1.82, 2.24) is 15.3 Å². The third kappa shape index (κ3) is 3.78. The molecule has 0 bridgehead atoms. The van der Waals surface area contributed by atoms with Gasteiger partial charge in [0.15, 0.2) is 5.82 Å². The third-order valence-corrected chi connectivity index (χ3v) is 3.08. The molecule has 1 aromatic heterocycles. The predicted molar refractivity (Wildman–Crippen MR) is 79.7 cm³/mol. The van der Waals surface area contributed by atoms with Gasteiger partial charge >= 0.3 is 0 Å². The second-order valence-electron chi connectivity index (χ2n) is 4.41. The molecule has 20 heavy (non-hydrogen) atoms. The molecule has 0 unspecified atom stereocenters. The summed E-state index contributed by atoms with van der Waals surface area (Å²) < 4.78 is 0. The van der Waals surface area contributed by atoms with Gasteiger partial charge in [0.1, 0.15) is 0 Å². The van der Waals surface area contributed by atoms with Crippen LogP contribution in [0.2, 0.25) is 5.02 Å². The first-order valence-corrected chi connectivity index (χ1v) is 6.94. The number of hydrogen-bond acceptors (Lipinski definition) is 3. The molecule has 1 heterocycles. The maximum absolute atomic E-state index is 11.8. The van der Waals surface area contributed by atoms with Gasteiger partial charge in [-0.05, 0) is 30.7 Å². The molecule has 0 spiro atoms. The Kier molecular flexibility index (Phi) is 5.07. The average molecular weight is 290 g/mol. The van der Waals surface area contributed by atoms with Crippen LogP contribution in [0.15, 0.2) is 36.7 Å². The Labute approximate surface area is 123 Å². The average Bonchev–Trinajstić information content (AvgIpc) is 2.48. The number of nitrogens with zero attached hydrogens (tertiary/aromatic N) is 2. The Morgan fingerprint density at radius 2 is 1.85 bits per heavy atom. The number of nitrogens with one attached hydrogen (secondary N) is 1. The minimum Gasteiger partial charge on any atom is -0.352 e. The van der Waals surface area contributed by atoms with Crippen LogP contribution < -0.4 is 5.32 Å². The highest BCUT2D eigenvalue weighted by Gasteiger charge is 2.07. The number of rotatable bonds is 5. The second kappa shape index (κ2) is 7.01. The van der Waals surface area contributed by atoms with E-state index in [-0.39, 0.29) is 5.91 Å². The molecule has 0 aliphatic heterocycles. The van der Waals surface area contributed by atoms with E-state index in [9.17, 15) is 4.79 Å². The first kappa shape index (κ1) is 14.5. The molecule has 1 N–H and O–H groups in total. The lowest BCUT2D eigenvalue weighted by Gasteiger charge is -2.04. The summed E-state index contributed by atoms with van der Waals surface area (Å²) in [5.41, 5.74) is 1.34. The molecule has 0 aliphatic rings. The number of carbonyl (C=O) groups excluding carboxylic acids is 1. The van der Waals surface area contributed by atoms with Crippen LogP contribution in [0, 0.1) is 0 Å². The summed E-state index contributed by atoms with van der Waals surface area (Å²) in [6, 6.07) is 7.26. The normalized spacial score (nSPS) is 10.3. The molecule has 0 aliphatic carbocycles. The van der Waals surface area contributed by atoms with Crippen molar-refractivity contribution < 1.29 is 4.79 Å². The monoisotopic (exact) mass is 289 g/mol. The maximum atomic E-state index is 11.8. The van der Waals surface area contributed by atoms with Crippen LogP contribution in [-0.4, -0.2) is 22.4 Å². The highest BCUT2D eigenvalue weighted by Crippen LogP contribution is 2.17. The van der Waals surface area contributed by atoms with E-state index in [1.54, 1.807) is 12.1 Å². The van der Waals surface area contributed by atoms with E-state index in [2.05, 4.69) is 22.2 Å². The summed E-state index contributed by atoms with van der Waals surface area (Å²) in [6.45, 7) is 2.75. The highest BCUT2D eigenvalue weighted by atomic mass is 35.5. The Balaban J connectivity index is 2.06. The lowest BCUT2D eigenvalue weighted by molar-refractivity contribution is 0.0952. The Morgan fingerprint density at radius 1 is 1.20 bits per heavy atom. The Hall–Kier alpha value is -1.94. The molecular formula is C15H16ClN3O. The van der Waals surface area contributed by atoms with Gasteiger partial charge in [-0.1, -0.05) is 24.9 Å². The van der Waals surface area contributed by atoms with Gasteiger partial charge in [-0.3, -0.25) is 4.79 Å². The lowest BCUT2D eigenvalue weighted by atomic mass is 10.2. The maximum Gasteiger partial charge on any atom is 0.254 e. The Bertz CT molecular complexity index is 567. The molecule has 0 atom stereocenters. The number of carbonyl (C=O) groups is 1. The van der Waals surface area contributed by atoms with Gasteiger partial charge in [-0.2, -0.15) is 0 Å². The predicted octanol–water partition coefficient (Wildman–Crippen LogP) is 3.33. The van der Waals surface area contributed by atoms with E-state index >= 15 is 0 Å². The van der Waals surface area contributed by atoms with Gasteiger partial charge in [-0.25, -0.2) is 9.97 Å². The van der Waals surface area contributed by atoms with Crippen molar-refractivity contribution in [2.24, 2.45) is 0 Å². The smallest absolute Gasteiger partial charge is 0.254 e. The number of aromatic nitrogens is 2. The molecular weight excluding hydrogens is 274 g/mol. The summed E-state index contributed by atoms with van der Waals surface area (Å²) in [7, 11) is 0. The van der Waals surface area contributed by atoms with Crippen LogP contribution in [-0.2, 0) is 0 Å². The van der Waals surface area contributed by atoms with Crippen molar-refractivity contribution in [3.8, 4) is 11.4 Å². The van der Waals surface area contributed by atoms with Crippen molar-refractivity contribution in [1.29, 1.82) is 0 Å². The summed E-state index contributed by atoms with van der Waals surface area (Å²) >= 11 is 5.83. The molecule has 0 radical (unpaired) electrons. The molecule has 0 saturated heterocycles. The van der Waals surface area contributed by atoms with Crippen LogP contribution in [0.4, 0.5) is 0 Å². The van der Waals surface area contributed by atoms with Gasteiger partial charge in [0.25, 0.3) is 5.91 Å². The van der Waals surface area contributed by atoms with Crippen molar-refractivity contribution in [3.63, 3.8) is 0 Å². The highest BCUT2D eigenvalue weighted by molar-refractivity contribution is 6.30. The van der Waals surface area contributed by atoms with Crippen LogP contribution in [0.25, 0.3) is 11.4 Å². The minimum atomic E-state index is -0.138. The fourth-order valence-electron chi connectivity index (χ4n) is 1.67. The van der Waals surface area contributed by atoms with E-state index in [1.165, 1.54) is 12.4 Å². The quantitative estimate of drug-likeness (QED) is 0.859. The molecule has 2 aromatic rings. The first-order valence-electron chi connectivity index (χ1n) is 6.57. The van der Waals surface area contributed by atoms with Crippen LogP contribution >= 0.6 is 11.6 Å². The van der Waals surface area contributed by atoms with E-state index in [4.69, 9.17) is 11.6 Å². The fraction of sp³-hybridized carbons (Fsp3) is 0.267. The Morgan fingerprint density at radius 3 is 2.45 bits per heavy atom. The van der Waals surface area contributed by atoms with Crippen LogP contribution in [0.3, 0.4) is 0 Å². The number of unbranched alkanes of at least 4 members (excludes halogenated alkanes) is 1. The zero-order chi connectivity index (χ0) is 14.4. The summed E-state index contributed by atoms with van der Waals surface area (Å²) in [6.07, 6.45) is 5.10. The first-order chi connectivity index (χ1) is 9.70. The number of hydrogen-bond donors (Lipinski definition) is 1. The van der Waals surface area contributed by atoms with E-state index < -0.39 is 0 Å². The van der Waals surface area contributed by atoms with Crippen LogP contribution in [0.5, 0.6) is 0 Å². The van der Waals surface area contributed by atoms with Crippen LogP contribution in [0.1, 0.15) is 30.1 Å². The molecule has 0 saturated carbocycles. The molecule has 4 nitrogen and oxygen atoms in total. The molecule has 0 fully saturated rings. The van der Waals surface area contributed by atoms with Gasteiger partial charge in [0.2, 0.25) is 0 Å². The standard InChI is InChI=1S/C15H16ClN3O/c1-2-3-8-17-15(20)12-9-18-14(19-10-12)11-4-6-13(16)7-5-11/h4-7,9-10H,2-3,8H2,1H3,(H,17,20). The lowest BCUT2D eigenvalue weighted by Crippen LogP contribution is -2.24. The third-order valence-electron chi connectivity index (χ3n) is 2.83. The fourth-order valence-corrected chi connectivity index (χ4v) is 1.80. The summed E-state index contributed by atoms with van der Waals surface area (Å²) in [4.78, 5) is 20.2. The zero-order valence-corrected chi connectivity index (χ0v) is 12.0. The van der Waals surface area contributed by atoms with Gasteiger partial charge in [0, 0.05) is 29.5 Å². The van der Waals surface area contributed by atoms with Crippen molar-refractivity contribution in [2.75, 3.05) is 6.54 Å². The molecule has 104 valence electrons. The SMILES string of the molecule is CCCCNC(=O)c1cnc(-c2ccc(Cl)cc2)nc1. The van der Waals surface area contributed by atoms with Gasteiger partial charge in [-0.15, -0.1) is 0 Å². The number of benzene rings is 1. The molecule has 2 rings (SSSR count).